The highest BCUT2D eigenvalue weighted by molar-refractivity contribution is 7.99. The Morgan fingerprint density at radius 2 is 2.00 bits per heavy atom. The Bertz CT molecular complexity index is 489. The number of hydrogen-bond acceptors (Lipinski definition) is 5. The van der Waals surface area contributed by atoms with Gasteiger partial charge in [0.05, 0.1) is 5.03 Å². The molecule has 0 aromatic carbocycles. The van der Waals surface area contributed by atoms with Gasteiger partial charge in [0.15, 0.2) is 0 Å². The van der Waals surface area contributed by atoms with Crippen LogP contribution in [0.25, 0.3) is 0 Å². The van der Waals surface area contributed by atoms with E-state index in [0.29, 0.717) is 6.54 Å². The van der Waals surface area contributed by atoms with Crippen molar-refractivity contribution in [2.24, 2.45) is 0 Å². The van der Waals surface area contributed by atoms with Gasteiger partial charge >= 0.3 is 6.09 Å². The first-order valence-electron chi connectivity index (χ1n) is 7.64. The fourth-order valence-electron chi connectivity index (χ4n) is 1.59. The van der Waals surface area contributed by atoms with Crippen molar-refractivity contribution in [1.82, 2.24) is 15.6 Å². The number of amides is 2. The molecule has 1 aromatic heterocycles. The maximum atomic E-state index is 11.6. The quantitative estimate of drug-likeness (QED) is 0.562. The second kappa shape index (κ2) is 10.1. The van der Waals surface area contributed by atoms with Crippen LogP contribution >= 0.6 is 11.8 Å². The third-order valence-electron chi connectivity index (χ3n) is 2.55. The van der Waals surface area contributed by atoms with Crippen LogP contribution in [0.5, 0.6) is 0 Å². The molecule has 0 aliphatic carbocycles. The molecule has 23 heavy (non-hydrogen) atoms. The summed E-state index contributed by atoms with van der Waals surface area (Å²) in [4.78, 5) is 27.2. The maximum absolute atomic E-state index is 11.6. The molecule has 0 aliphatic rings. The summed E-state index contributed by atoms with van der Waals surface area (Å²) in [6.07, 6.45) is 2.37. The Kier molecular flexibility index (Phi) is 8.47. The molecule has 0 radical (unpaired) electrons. The lowest BCUT2D eigenvalue weighted by Crippen LogP contribution is -2.35. The van der Waals surface area contributed by atoms with Crippen LogP contribution in [0.4, 0.5) is 4.79 Å². The lowest BCUT2D eigenvalue weighted by Gasteiger charge is -2.19. The number of nitrogens with one attached hydrogen (secondary N) is 2. The summed E-state index contributed by atoms with van der Waals surface area (Å²) in [6, 6.07) is 5.80. The number of carbonyl (C=O) groups excluding carboxylic acids is 2. The number of nitrogens with zero attached hydrogens (tertiary/aromatic N) is 1. The Labute approximate surface area is 141 Å². The number of alkyl carbamates (subject to hydrolysis) is 1. The first-order chi connectivity index (χ1) is 10.9. The number of aromatic nitrogens is 1. The summed E-state index contributed by atoms with van der Waals surface area (Å²) >= 11 is 1.66. The fourth-order valence-corrected chi connectivity index (χ4v) is 2.40. The van der Waals surface area contributed by atoms with Crippen LogP contribution in [0.2, 0.25) is 0 Å². The molecule has 0 aliphatic heterocycles. The second-order valence-corrected chi connectivity index (χ2v) is 7.01. The lowest BCUT2D eigenvalue weighted by atomic mass is 10.2. The van der Waals surface area contributed by atoms with E-state index in [9.17, 15) is 9.59 Å². The molecule has 2 N–H and O–H groups in total. The predicted octanol–water partition coefficient (Wildman–Crippen LogP) is 2.59. The van der Waals surface area contributed by atoms with Gasteiger partial charge in [-0.3, -0.25) is 4.79 Å². The number of carbonyl (C=O) groups is 2. The summed E-state index contributed by atoms with van der Waals surface area (Å²) in [5, 5.41) is 6.37. The van der Waals surface area contributed by atoms with Gasteiger partial charge in [-0.05, 0) is 39.3 Å². The Balaban J connectivity index is 2.01. The molecule has 0 fully saturated rings. The van der Waals surface area contributed by atoms with Crippen molar-refractivity contribution in [3.8, 4) is 0 Å². The van der Waals surface area contributed by atoms with E-state index in [0.717, 1.165) is 17.2 Å². The molecule has 1 heterocycles. The van der Waals surface area contributed by atoms with Gasteiger partial charge in [-0.15, -0.1) is 11.8 Å². The van der Waals surface area contributed by atoms with Crippen molar-refractivity contribution >= 4 is 23.8 Å². The lowest BCUT2D eigenvalue weighted by molar-refractivity contribution is -0.120. The van der Waals surface area contributed by atoms with Crippen LogP contribution < -0.4 is 10.6 Å². The number of rotatable bonds is 8. The van der Waals surface area contributed by atoms with Crippen LogP contribution in [0.15, 0.2) is 29.4 Å². The minimum Gasteiger partial charge on any atom is -0.444 e. The van der Waals surface area contributed by atoms with Crippen molar-refractivity contribution in [2.45, 2.75) is 44.2 Å². The van der Waals surface area contributed by atoms with Crippen molar-refractivity contribution < 1.29 is 14.3 Å². The molecule has 0 unspecified atom stereocenters. The van der Waals surface area contributed by atoms with Crippen molar-refractivity contribution in [2.75, 3.05) is 18.8 Å². The zero-order valence-electron chi connectivity index (χ0n) is 13.9. The summed E-state index contributed by atoms with van der Waals surface area (Å²) < 4.78 is 5.08. The van der Waals surface area contributed by atoms with Crippen LogP contribution in [0, 0.1) is 0 Å². The average Bonchev–Trinajstić information content (AvgIpc) is 2.46. The number of pyridine rings is 1. The second-order valence-electron chi connectivity index (χ2n) is 5.90. The van der Waals surface area contributed by atoms with Gasteiger partial charge < -0.3 is 15.4 Å². The maximum Gasteiger partial charge on any atom is 0.407 e. The molecule has 0 spiro atoms. The van der Waals surface area contributed by atoms with Crippen molar-refractivity contribution in [3.05, 3.63) is 24.4 Å². The van der Waals surface area contributed by atoms with E-state index in [-0.39, 0.29) is 18.9 Å². The Morgan fingerprint density at radius 1 is 1.22 bits per heavy atom. The van der Waals surface area contributed by atoms with E-state index in [4.69, 9.17) is 4.74 Å². The molecule has 0 saturated heterocycles. The largest absolute Gasteiger partial charge is 0.444 e. The molecule has 2 amide bonds. The molecule has 1 rings (SSSR count). The molecule has 1 aromatic rings. The van der Waals surface area contributed by atoms with Crippen LogP contribution in [-0.4, -0.2) is 41.4 Å². The first-order valence-corrected chi connectivity index (χ1v) is 8.63. The normalized spacial score (nSPS) is 10.9. The molecule has 7 heteroatoms. The molecule has 0 bridgehead atoms. The topological polar surface area (TPSA) is 80.3 Å². The van der Waals surface area contributed by atoms with Crippen LogP contribution in [-0.2, 0) is 9.53 Å². The number of hydrogen-bond donors (Lipinski definition) is 2. The number of thioether (sulfide) groups is 1. The first kappa shape index (κ1) is 19.3. The molecule has 6 nitrogen and oxygen atoms in total. The Morgan fingerprint density at radius 3 is 2.65 bits per heavy atom. The minimum absolute atomic E-state index is 0.0797. The van der Waals surface area contributed by atoms with E-state index in [1.807, 2.05) is 18.2 Å². The van der Waals surface area contributed by atoms with Gasteiger partial charge in [0.25, 0.3) is 0 Å². The van der Waals surface area contributed by atoms with Gasteiger partial charge in [-0.2, -0.15) is 0 Å². The Hall–Kier alpha value is -1.76. The summed E-state index contributed by atoms with van der Waals surface area (Å²) in [5.74, 6) is 0.817. The van der Waals surface area contributed by atoms with E-state index < -0.39 is 11.7 Å². The molecular weight excluding hydrogens is 314 g/mol. The molecular formula is C16H25N3O3S. The van der Waals surface area contributed by atoms with Gasteiger partial charge in [-0.25, -0.2) is 9.78 Å². The van der Waals surface area contributed by atoms with Crippen LogP contribution in [0.1, 0.15) is 33.6 Å². The van der Waals surface area contributed by atoms with E-state index >= 15 is 0 Å². The number of ether oxygens (including phenoxy) is 1. The van der Waals surface area contributed by atoms with Gasteiger partial charge in [0.2, 0.25) is 5.91 Å². The van der Waals surface area contributed by atoms with Crippen molar-refractivity contribution in [1.29, 1.82) is 0 Å². The van der Waals surface area contributed by atoms with E-state index in [2.05, 4.69) is 15.6 Å². The monoisotopic (exact) mass is 339 g/mol. The predicted molar refractivity (Wildman–Crippen MR) is 91.4 cm³/mol. The highest BCUT2D eigenvalue weighted by Crippen LogP contribution is 2.14. The standard InChI is InChI=1S/C16H25N3O3S/c1-16(2,3)22-15(21)19-11-8-13(20)17-10-6-12-23-14-7-4-5-9-18-14/h4-5,7,9H,6,8,10-12H2,1-3H3,(H,17,20)(H,19,21). The van der Waals surface area contributed by atoms with E-state index in [1.54, 1.807) is 38.7 Å². The third kappa shape index (κ3) is 10.6. The smallest absolute Gasteiger partial charge is 0.407 e. The van der Waals surface area contributed by atoms with Crippen LogP contribution in [0.3, 0.4) is 0 Å². The average molecular weight is 339 g/mol. The highest BCUT2D eigenvalue weighted by Gasteiger charge is 2.15. The fraction of sp³-hybridized carbons (Fsp3) is 0.562. The highest BCUT2D eigenvalue weighted by atomic mass is 32.2. The molecule has 0 atom stereocenters. The summed E-state index contributed by atoms with van der Waals surface area (Å²) in [7, 11) is 0. The zero-order valence-corrected chi connectivity index (χ0v) is 14.7. The van der Waals surface area contributed by atoms with Gasteiger partial charge in [0.1, 0.15) is 5.60 Å². The van der Waals surface area contributed by atoms with Crippen molar-refractivity contribution in [3.63, 3.8) is 0 Å². The van der Waals surface area contributed by atoms with Gasteiger partial charge in [0, 0.05) is 31.5 Å². The summed E-state index contributed by atoms with van der Waals surface area (Å²) in [5.41, 5.74) is -0.530. The molecule has 0 saturated carbocycles. The van der Waals surface area contributed by atoms with Gasteiger partial charge in [-0.1, -0.05) is 6.07 Å². The molecule has 128 valence electrons. The summed E-state index contributed by atoms with van der Waals surface area (Å²) in [6.45, 7) is 6.27. The third-order valence-corrected chi connectivity index (χ3v) is 3.58. The SMILES string of the molecule is CC(C)(C)OC(=O)NCCC(=O)NCCCSc1ccccn1. The zero-order chi connectivity index (χ0) is 17.1. The van der Waals surface area contributed by atoms with E-state index in [1.165, 1.54) is 0 Å². The minimum atomic E-state index is -0.530.